The molecule has 0 bridgehead atoms. The molecule has 0 aromatic heterocycles. The van der Waals surface area contributed by atoms with Crippen LogP contribution in [0.4, 0.5) is 0 Å². The molecule has 29 heavy (non-hydrogen) atoms. The summed E-state index contributed by atoms with van der Waals surface area (Å²) < 4.78 is 16.4. The van der Waals surface area contributed by atoms with Crippen LogP contribution in [0.5, 0.6) is 5.75 Å². The fraction of sp³-hybridized carbons (Fsp3) is 0.682. The first-order valence-electron chi connectivity index (χ1n) is 10.4. The number of methoxy groups -OCH3 is 1. The largest absolute Gasteiger partial charge is 0.497 e. The minimum absolute atomic E-state index is 0. The van der Waals surface area contributed by atoms with Crippen LogP contribution in [-0.2, 0) is 14.9 Å². The zero-order chi connectivity index (χ0) is 20.2. The van der Waals surface area contributed by atoms with Gasteiger partial charge >= 0.3 is 0 Å². The van der Waals surface area contributed by atoms with Gasteiger partial charge in [0.15, 0.2) is 5.96 Å². The Morgan fingerprint density at radius 3 is 2.62 bits per heavy atom. The van der Waals surface area contributed by atoms with Gasteiger partial charge in [0.1, 0.15) is 5.75 Å². The summed E-state index contributed by atoms with van der Waals surface area (Å²) >= 11 is 0. The molecule has 1 aromatic carbocycles. The third-order valence-electron chi connectivity index (χ3n) is 4.98. The standard InChI is InChI=1S/C22H37N3O3.HI/c1-5-23-21(24-12-6-13-27-15-18-11-14-28-16-18)25-17-22(2,3)19-7-9-20(26-4)10-8-19;/h7-10,18H,5-6,11-17H2,1-4H3,(H2,23,24,25);1H. The number of nitrogens with one attached hydrogen (secondary N) is 2. The first-order valence-corrected chi connectivity index (χ1v) is 10.4. The Kier molecular flexibility index (Phi) is 12.6. The molecule has 0 aliphatic carbocycles. The molecular weight excluding hydrogens is 481 g/mol. The van der Waals surface area contributed by atoms with E-state index in [1.165, 1.54) is 5.56 Å². The SMILES string of the molecule is CCNC(=NCC(C)(C)c1ccc(OC)cc1)NCCCOCC1CCOC1.I. The molecule has 2 N–H and O–H groups in total. The molecule has 1 atom stereocenters. The van der Waals surface area contributed by atoms with Gasteiger partial charge in [0.2, 0.25) is 0 Å². The van der Waals surface area contributed by atoms with E-state index in [0.717, 1.165) is 64.1 Å². The number of rotatable bonds is 11. The van der Waals surface area contributed by atoms with E-state index in [-0.39, 0.29) is 29.4 Å². The van der Waals surface area contributed by atoms with Gasteiger partial charge in [0, 0.05) is 37.6 Å². The van der Waals surface area contributed by atoms with Gasteiger partial charge in [-0.25, -0.2) is 0 Å². The summed E-state index contributed by atoms with van der Waals surface area (Å²) in [5, 5.41) is 6.73. The van der Waals surface area contributed by atoms with E-state index in [9.17, 15) is 0 Å². The molecule has 1 aliphatic rings. The number of aliphatic imine (C=N–C) groups is 1. The van der Waals surface area contributed by atoms with Crippen LogP contribution >= 0.6 is 24.0 Å². The Morgan fingerprint density at radius 1 is 1.24 bits per heavy atom. The van der Waals surface area contributed by atoms with Crippen molar-refractivity contribution in [1.82, 2.24) is 10.6 Å². The molecule has 1 aromatic rings. The highest BCUT2D eigenvalue weighted by molar-refractivity contribution is 14.0. The summed E-state index contributed by atoms with van der Waals surface area (Å²) in [5.41, 5.74) is 1.19. The minimum Gasteiger partial charge on any atom is -0.497 e. The molecule has 0 radical (unpaired) electrons. The summed E-state index contributed by atoms with van der Waals surface area (Å²) in [4.78, 5) is 4.79. The average Bonchev–Trinajstić information content (AvgIpc) is 3.22. The molecule has 1 heterocycles. The molecule has 1 fully saturated rings. The van der Waals surface area contributed by atoms with Gasteiger partial charge < -0.3 is 24.8 Å². The maximum absolute atomic E-state index is 5.76. The van der Waals surface area contributed by atoms with Gasteiger partial charge in [0.25, 0.3) is 0 Å². The van der Waals surface area contributed by atoms with Crippen molar-refractivity contribution >= 4 is 29.9 Å². The predicted octanol–water partition coefficient (Wildman–Crippen LogP) is 3.59. The molecule has 7 heteroatoms. The smallest absolute Gasteiger partial charge is 0.191 e. The van der Waals surface area contributed by atoms with Gasteiger partial charge in [0.05, 0.1) is 26.9 Å². The van der Waals surface area contributed by atoms with Crippen molar-refractivity contribution < 1.29 is 14.2 Å². The van der Waals surface area contributed by atoms with Crippen LogP contribution in [0.25, 0.3) is 0 Å². The number of nitrogens with zero attached hydrogens (tertiary/aromatic N) is 1. The molecule has 0 saturated carbocycles. The number of guanidine groups is 1. The van der Waals surface area contributed by atoms with E-state index in [0.29, 0.717) is 12.5 Å². The van der Waals surface area contributed by atoms with Crippen molar-refractivity contribution in [2.45, 2.75) is 39.0 Å². The van der Waals surface area contributed by atoms with Crippen LogP contribution in [0.2, 0.25) is 0 Å². The molecule has 1 aliphatic heterocycles. The van der Waals surface area contributed by atoms with Gasteiger partial charge in [-0.15, -0.1) is 24.0 Å². The van der Waals surface area contributed by atoms with Crippen LogP contribution in [0.3, 0.4) is 0 Å². The Balaban J connectivity index is 0.00000420. The average molecular weight is 519 g/mol. The monoisotopic (exact) mass is 519 g/mol. The topological polar surface area (TPSA) is 64.1 Å². The first kappa shape index (κ1) is 26.0. The van der Waals surface area contributed by atoms with Crippen LogP contribution in [0.1, 0.15) is 39.2 Å². The number of benzene rings is 1. The Bertz CT molecular complexity index is 587. The van der Waals surface area contributed by atoms with Gasteiger partial charge in [-0.1, -0.05) is 26.0 Å². The molecule has 2 rings (SSSR count). The zero-order valence-electron chi connectivity index (χ0n) is 18.3. The fourth-order valence-electron chi connectivity index (χ4n) is 3.10. The van der Waals surface area contributed by atoms with Gasteiger partial charge in [-0.2, -0.15) is 0 Å². The highest BCUT2D eigenvalue weighted by Crippen LogP contribution is 2.25. The Hall–Kier alpha value is -1.06. The van der Waals surface area contributed by atoms with Crippen LogP contribution < -0.4 is 15.4 Å². The lowest BCUT2D eigenvalue weighted by Gasteiger charge is -2.24. The lowest BCUT2D eigenvalue weighted by atomic mass is 9.85. The van der Waals surface area contributed by atoms with Crippen LogP contribution in [0.15, 0.2) is 29.3 Å². The number of halogens is 1. The summed E-state index contributed by atoms with van der Waals surface area (Å²) in [6.45, 7) is 12.2. The lowest BCUT2D eigenvalue weighted by molar-refractivity contribution is 0.0888. The number of hydrogen-bond acceptors (Lipinski definition) is 4. The maximum atomic E-state index is 5.76. The van der Waals surface area contributed by atoms with E-state index in [4.69, 9.17) is 19.2 Å². The first-order chi connectivity index (χ1) is 13.5. The third kappa shape index (κ3) is 9.53. The summed E-state index contributed by atoms with van der Waals surface area (Å²) in [6.07, 6.45) is 2.08. The molecular formula is C22H38IN3O3. The van der Waals surface area contributed by atoms with Crippen molar-refractivity contribution in [3.05, 3.63) is 29.8 Å². The van der Waals surface area contributed by atoms with Crippen molar-refractivity contribution in [2.75, 3.05) is 53.2 Å². The summed E-state index contributed by atoms with van der Waals surface area (Å²) in [7, 11) is 1.69. The van der Waals surface area contributed by atoms with E-state index < -0.39 is 0 Å². The van der Waals surface area contributed by atoms with Crippen molar-refractivity contribution in [3.8, 4) is 5.75 Å². The summed E-state index contributed by atoms with van der Waals surface area (Å²) in [6, 6.07) is 8.23. The second-order valence-corrected chi connectivity index (χ2v) is 7.89. The minimum atomic E-state index is -0.0545. The number of hydrogen-bond donors (Lipinski definition) is 2. The third-order valence-corrected chi connectivity index (χ3v) is 4.98. The number of ether oxygens (including phenoxy) is 3. The highest BCUT2D eigenvalue weighted by atomic mass is 127. The molecule has 6 nitrogen and oxygen atoms in total. The van der Waals surface area contributed by atoms with E-state index in [1.807, 2.05) is 12.1 Å². The molecule has 0 spiro atoms. The molecule has 1 saturated heterocycles. The predicted molar refractivity (Wildman–Crippen MR) is 130 cm³/mol. The van der Waals surface area contributed by atoms with Crippen molar-refractivity contribution in [2.24, 2.45) is 10.9 Å². The Labute approximate surface area is 193 Å². The van der Waals surface area contributed by atoms with E-state index in [2.05, 4.69) is 43.5 Å². The Morgan fingerprint density at radius 2 is 2.00 bits per heavy atom. The normalized spacial score (nSPS) is 17.0. The van der Waals surface area contributed by atoms with Gasteiger partial charge in [-0.05, 0) is 37.5 Å². The molecule has 166 valence electrons. The van der Waals surface area contributed by atoms with Crippen molar-refractivity contribution in [3.63, 3.8) is 0 Å². The van der Waals surface area contributed by atoms with Gasteiger partial charge in [-0.3, -0.25) is 4.99 Å². The van der Waals surface area contributed by atoms with E-state index in [1.54, 1.807) is 7.11 Å². The maximum Gasteiger partial charge on any atom is 0.191 e. The second-order valence-electron chi connectivity index (χ2n) is 7.89. The van der Waals surface area contributed by atoms with Crippen molar-refractivity contribution in [1.29, 1.82) is 0 Å². The zero-order valence-corrected chi connectivity index (χ0v) is 20.7. The fourth-order valence-corrected chi connectivity index (χ4v) is 3.10. The van der Waals surface area contributed by atoms with Crippen LogP contribution in [0, 0.1) is 5.92 Å². The van der Waals surface area contributed by atoms with Crippen LogP contribution in [-0.4, -0.2) is 59.1 Å². The summed E-state index contributed by atoms with van der Waals surface area (Å²) in [5.74, 6) is 2.31. The van der Waals surface area contributed by atoms with E-state index >= 15 is 0 Å². The second kappa shape index (κ2) is 14.0. The lowest BCUT2D eigenvalue weighted by Crippen LogP contribution is -2.39. The molecule has 0 amide bonds. The quantitative estimate of drug-likeness (QED) is 0.203. The highest BCUT2D eigenvalue weighted by Gasteiger charge is 2.20. The molecule has 1 unspecified atom stereocenters.